The van der Waals surface area contributed by atoms with E-state index in [1.807, 2.05) is 30.3 Å². The second-order valence-corrected chi connectivity index (χ2v) is 3.34. The van der Waals surface area contributed by atoms with E-state index in [9.17, 15) is 4.79 Å². The molecule has 0 aliphatic rings. The summed E-state index contributed by atoms with van der Waals surface area (Å²) in [4.78, 5) is 14.9. The van der Waals surface area contributed by atoms with Gasteiger partial charge < -0.3 is 0 Å². The number of pyridine rings is 1. The molecule has 0 unspecified atom stereocenters. The number of carbonyl (C=O) groups is 1. The first-order valence-electron chi connectivity index (χ1n) is 4.91. The van der Waals surface area contributed by atoms with Gasteiger partial charge in [-0.2, -0.15) is 5.10 Å². The molecular weight excluding hydrogens is 202 g/mol. The van der Waals surface area contributed by atoms with Crippen molar-refractivity contribution in [2.75, 3.05) is 0 Å². The smallest absolute Gasteiger partial charge is 0.236 e. The Hall–Kier alpha value is -2.23. The van der Waals surface area contributed by atoms with Crippen LogP contribution in [0.3, 0.4) is 0 Å². The maximum atomic E-state index is 10.7. The van der Waals surface area contributed by atoms with Gasteiger partial charge in [0.1, 0.15) is 0 Å². The van der Waals surface area contributed by atoms with Gasteiger partial charge in [-0.15, -0.1) is 0 Å². The summed E-state index contributed by atoms with van der Waals surface area (Å²) in [5.74, 6) is -0.186. The molecular formula is C12H11N3O. The van der Waals surface area contributed by atoms with Gasteiger partial charge in [0.25, 0.3) is 0 Å². The van der Waals surface area contributed by atoms with Crippen molar-refractivity contribution in [3.05, 3.63) is 42.1 Å². The topological polar surface area (TPSA) is 54.4 Å². The third-order valence-corrected chi connectivity index (χ3v) is 2.11. The Morgan fingerprint density at radius 1 is 1.38 bits per heavy atom. The van der Waals surface area contributed by atoms with Gasteiger partial charge in [0.2, 0.25) is 5.91 Å². The van der Waals surface area contributed by atoms with Crippen molar-refractivity contribution in [1.29, 1.82) is 0 Å². The van der Waals surface area contributed by atoms with Crippen molar-refractivity contribution >= 4 is 23.0 Å². The van der Waals surface area contributed by atoms with Gasteiger partial charge in [0.15, 0.2) is 0 Å². The molecule has 1 amide bonds. The van der Waals surface area contributed by atoms with Crippen molar-refractivity contribution in [1.82, 2.24) is 10.4 Å². The normalized spacial score (nSPS) is 10.8. The predicted molar refractivity (Wildman–Crippen MR) is 63.2 cm³/mol. The van der Waals surface area contributed by atoms with Crippen molar-refractivity contribution < 1.29 is 4.79 Å². The van der Waals surface area contributed by atoms with Crippen LogP contribution in [0.5, 0.6) is 0 Å². The third-order valence-electron chi connectivity index (χ3n) is 2.11. The lowest BCUT2D eigenvalue weighted by atomic mass is 10.1. The van der Waals surface area contributed by atoms with Crippen LogP contribution in [-0.2, 0) is 4.79 Å². The monoisotopic (exact) mass is 213 g/mol. The highest BCUT2D eigenvalue weighted by atomic mass is 16.2. The summed E-state index contributed by atoms with van der Waals surface area (Å²) >= 11 is 0. The highest BCUT2D eigenvalue weighted by molar-refractivity contribution is 5.98. The molecule has 0 bridgehead atoms. The first-order valence-corrected chi connectivity index (χ1v) is 4.91. The van der Waals surface area contributed by atoms with Crippen molar-refractivity contribution in [2.45, 2.75) is 6.92 Å². The van der Waals surface area contributed by atoms with Crippen LogP contribution in [0.1, 0.15) is 12.5 Å². The summed E-state index contributed by atoms with van der Waals surface area (Å²) in [5, 5.41) is 4.85. The average molecular weight is 213 g/mol. The first-order chi connectivity index (χ1) is 7.77. The van der Waals surface area contributed by atoms with Crippen molar-refractivity contribution in [2.24, 2.45) is 5.10 Å². The van der Waals surface area contributed by atoms with Crippen LogP contribution >= 0.6 is 0 Å². The van der Waals surface area contributed by atoms with E-state index in [-0.39, 0.29) is 5.91 Å². The minimum absolute atomic E-state index is 0.186. The Morgan fingerprint density at radius 3 is 3.00 bits per heavy atom. The number of benzene rings is 1. The molecule has 0 saturated heterocycles. The zero-order valence-corrected chi connectivity index (χ0v) is 8.84. The Bertz CT molecular complexity index is 543. The molecule has 4 heteroatoms. The fraction of sp³-hybridized carbons (Fsp3) is 0.0833. The van der Waals surface area contributed by atoms with Crippen LogP contribution in [0.2, 0.25) is 0 Å². The van der Waals surface area contributed by atoms with Crippen LogP contribution < -0.4 is 5.43 Å². The van der Waals surface area contributed by atoms with Crippen molar-refractivity contribution in [3.63, 3.8) is 0 Å². The molecule has 0 spiro atoms. The number of aromatic nitrogens is 1. The minimum atomic E-state index is -0.186. The fourth-order valence-electron chi connectivity index (χ4n) is 1.42. The fourth-order valence-corrected chi connectivity index (χ4v) is 1.42. The number of nitrogens with zero attached hydrogens (tertiary/aromatic N) is 2. The number of amides is 1. The molecule has 0 aliphatic heterocycles. The van der Waals surface area contributed by atoms with Gasteiger partial charge in [-0.05, 0) is 12.1 Å². The SMILES string of the molecule is CC(=O)N/N=C\c1ccnc2ccccc12. The van der Waals surface area contributed by atoms with Gasteiger partial charge in [-0.3, -0.25) is 9.78 Å². The third kappa shape index (κ3) is 2.23. The number of hydrogen-bond donors (Lipinski definition) is 1. The molecule has 1 aromatic carbocycles. The van der Waals surface area contributed by atoms with E-state index < -0.39 is 0 Å². The lowest BCUT2D eigenvalue weighted by molar-refractivity contribution is -0.118. The summed E-state index contributed by atoms with van der Waals surface area (Å²) in [6.45, 7) is 1.42. The number of para-hydroxylation sites is 1. The molecule has 80 valence electrons. The summed E-state index contributed by atoms with van der Waals surface area (Å²) < 4.78 is 0. The zero-order valence-electron chi connectivity index (χ0n) is 8.84. The molecule has 1 aromatic heterocycles. The minimum Gasteiger partial charge on any atom is -0.274 e. The second-order valence-electron chi connectivity index (χ2n) is 3.34. The summed E-state index contributed by atoms with van der Waals surface area (Å²) in [6, 6.07) is 9.64. The van der Waals surface area contributed by atoms with E-state index in [1.165, 1.54) is 6.92 Å². The van der Waals surface area contributed by atoms with Crippen LogP contribution in [0, 0.1) is 0 Å². The number of fused-ring (bicyclic) bond motifs is 1. The Kier molecular flexibility index (Phi) is 2.91. The molecule has 16 heavy (non-hydrogen) atoms. The Morgan fingerprint density at radius 2 is 2.19 bits per heavy atom. The first kappa shape index (κ1) is 10.3. The molecule has 0 saturated carbocycles. The lowest BCUT2D eigenvalue weighted by Gasteiger charge is -2.00. The van der Waals surface area contributed by atoms with Gasteiger partial charge in [0, 0.05) is 24.1 Å². The van der Waals surface area contributed by atoms with Crippen LogP contribution in [0.25, 0.3) is 10.9 Å². The molecule has 0 aliphatic carbocycles. The number of hydrogen-bond acceptors (Lipinski definition) is 3. The number of nitrogens with one attached hydrogen (secondary N) is 1. The van der Waals surface area contributed by atoms with E-state index in [0.29, 0.717) is 0 Å². The van der Waals surface area contributed by atoms with Gasteiger partial charge in [0.05, 0.1) is 11.7 Å². The van der Waals surface area contributed by atoms with Crippen LogP contribution in [0.15, 0.2) is 41.6 Å². The van der Waals surface area contributed by atoms with Gasteiger partial charge >= 0.3 is 0 Å². The number of rotatable bonds is 2. The molecule has 4 nitrogen and oxygen atoms in total. The van der Waals surface area contributed by atoms with Crippen LogP contribution in [0.4, 0.5) is 0 Å². The maximum Gasteiger partial charge on any atom is 0.236 e. The van der Waals surface area contributed by atoms with Crippen LogP contribution in [-0.4, -0.2) is 17.1 Å². The second kappa shape index (κ2) is 4.53. The Labute approximate surface area is 93.0 Å². The Balaban J connectivity index is 2.37. The molecule has 1 heterocycles. The number of hydrazone groups is 1. The average Bonchev–Trinajstić information content (AvgIpc) is 2.29. The summed E-state index contributed by atoms with van der Waals surface area (Å²) in [5.41, 5.74) is 4.21. The molecule has 0 atom stereocenters. The highest BCUT2D eigenvalue weighted by Crippen LogP contribution is 2.13. The zero-order chi connectivity index (χ0) is 11.4. The van der Waals surface area contributed by atoms with Gasteiger partial charge in [-0.25, -0.2) is 5.43 Å². The van der Waals surface area contributed by atoms with E-state index >= 15 is 0 Å². The molecule has 0 radical (unpaired) electrons. The van der Waals surface area contributed by atoms with E-state index in [0.717, 1.165) is 16.5 Å². The molecule has 2 aromatic rings. The molecule has 1 N–H and O–H groups in total. The van der Waals surface area contributed by atoms with E-state index in [2.05, 4.69) is 15.5 Å². The summed E-state index contributed by atoms with van der Waals surface area (Å²) in [7, 11) is 0. The van der Waals surface area contributed by atoms with E-state index in [1.54, 1.807) is 12.4 Å². The van der Waals surface area contributed by atoms with Crippen molar-refractivity contribution in [3.8, 4) is 0 Å². The van der Waals surface area contributed by atoms with E-state index in [4.69, 9.17) is 0 Å². The highest BCUT2D eigenvalue weighted by Gasteiger charge is 1.97. The van der Waals surface area contributed by atoms with Gasteiger partial charge in [-0.1, -0.05) is 18.2 Å². The standard InChI is InChI=1S/C12H11N3O/c1-9(16)15-14-8-10-6-7-13-12-5-3-2-4-11(10)12/h2-8H,1H3,(H,15,16)/b14-8-. The quantitative estimate of drug-likeness (QED) is 0.609. The maximum absolute atomic E-state index is 10.7. The predicted octanol–water partition coefficient (Wildman–Crippen LogP) is 1.70. The summed E-state index contributed by atoms with van der Waals surface area (Å²) in [6.07, 6.45) is 3.34. The number of carbonyl (C=O) groups excluding carboxylic acids is 1. The lowest BCUT2D eigenvalue weighted by Crippen LogP contribution is -2.12. The molecule has 0 fully saturated rings. The largest absolute Gasteiger partial charge is 0.274 e. The molecule has 2 rings (SSSR count).